The minimum Gasteiger partial charge on any atom is -0.297 e. The second-order valence-corrected chi connectivity index (χ2v) is 15.3. The van der Waals surface area contributed by atoms with Crippen molar-refractivity contribution in [3.8, 4) is 9.75 Å². The number of fused-ring (bicyclic) bond motifs is 3. The molecule has 1 nitrogen and oxygen atoms in total. The molecule has 0 atom stereocenters. The van der Waals surface area contributed by atoms with Crippen LogP contribution in [0.3, 0.4) is 0 Å². The number of carbonyl (C=O) groups is 1. The van der Waals surface area contributed by atoms with E-state index in [1.165, 1.54) is 77.0 Å². The largest absolute Gasteiger partial charge is 0.297 e. The highest BCUT2D eigenvalue weighted by molar-refractivity contribution is 9.11. The summed E-state index contributed by atoms with van der Waals surface area (Å²) in [6, 6.07) is 7.41. The van der Waals surface area contributed by atoms with Gasteiger partial charge in [-0.1, -0.05) is 65.2 Å². The summed E-state index contributed by atoms with van der Waals surface area (Å²) in [6.45, 7) is 4.57. The first kappa shape index (κ1) is 20.5. The Morgan fingerprint density at radius 2 is 1.46 bits per heavy atom. The van der Waals surface area contributed by atoms with Crippen LogP contribution in [-0.4, -0.2) is 14.4 Å². The molecule has 1 aliphatic heterocycles. The molecule has 0 unspecified atom stereocenters. The number of aldehydes is 1. The lowest BCUT2D eigenvalue weighted by atomic mass is 10.2. The highest BCUT2D eigenvalue weighted by Gasteiger charge is 2.47. The molecule has 5 heteroatoms. The van der Waals surface area contributed by atoms with Crippen LogP contribution in [0.5, 0.6) is 0 Å². The van der Waals surface area contributed by atoms with Gasteiger partial charge in [0.25, 0.3) is 0 Å². The molecule has 142 valence electrons. The van der Waals surface area contributed by atoms with E-state index in [1.807, 2.05) is 11.3 Å². The summed E-state index contributed by atoms with van der Waals surface area (Å²) < 4.78 is 1.26. The molecule has 0 radical (unpaired) electrons. The standard InChI is InChI=1S/C21H29BrOS2Si/c1-3-5-7-9-11-26(12-10-8-6-4-2)17-13-16(15-23)24-20(17)21-18(26)14-19(22)25-21/h13-15H,3-12H2,1-2H3. The van der Waals surface area contributed by atoms with Crippen LogP contribution in [0.2, 0.25) is 12.1 Å². The van der Waals surface area contributed by atoms with Gasteiger partial charge in [0.1, 0.15) is 8.07 Å². The second kappa shape index (κ2) is 9.31. The first-order chi connectivity index (χ1) is 12.7. The van der Waals surface area contributed by atoms with Crippen molar-refractivity contribution in [1.29, 1.82) is 0 Å². The van der Waals surface area contributed by atoms with Crippen LogP contribution >= 0.6 is 38.6 Å². The van der Waals surface area contributed by atoms with E-state index >= 15 is 0 Å². The van der Waals surface area contributed by atoms with Crippen LogP contribution in [0.15, 0.2) is 15.9 Å². The van der Waals surface area contributed by atoms with E-state index in [0.717, 1.165) is 11.2 Å². The zero-order chi connectivity index (χ0) is 18.6. The first-order valence-corrected chi connectivity index (χ1v) is 14.9. The number of hydrogen-bond donors (Lipinski definition) is 0. The van der Waals surface area contributed by atoms with Gasteiger partial charge in [-0.05, 0) is 50.5 Å². The number of carbonyl (C=O) groups excluding carboxylic acids is 1. The van der Waals surface area contributed by atoms with Crippen molar-refractivity contribution in [1.82, 2.24) is 0 Å². The van der Waals surface area contributed by atoms with Crippen LogP contribution in [-0.2, 0) is 0 Å². The van der Waals surface area contributed by atoms with Crippen LogP contribution in [0, 0.1) is 0 Å². The van der Waals surface area contributed by atoms with E-state index in [-0.39, 0.29) is 0 Å². The summed E-state index contributed by atoms with van der Waals surface area (Å²) in [5.74, 6) is 0. The topological polar surface area (TPSA) is 17.1 Å². The molecule has 2 aromatic rings. The Morgan fingerprint density at radius 1 is 0.885 bits per heavy atom. The van der Waals surface area contributed by atoms with Gasteiger partial charge < -0.3 is 0 Å². The summed E-state index contributed by atoms with van der Waals surface area (Å²) in [5.41, 5.74) is 0. The molecule has 0 aliphatic carbocycles. The molecule has 0 bridgehead atoms. The summed E-state index contributed by atoms with van der Waals surface area (Å²) in [6.07, 6.45) is 11.7. The minimum atomic E-state index is -1.72. The molecule has 0 saturated heterocycles. The molecule has 0 saturated carbocycles. The third kappa shape index (κ3) is 3.96. The van der Waals surface area contributed by atoms with Gasteiger partial charge in [-0.3, -0.25) is 4.79 Å². The lowest BCUT2D eigenvalue weighted by Crippen LogP contribution is -2.54. The van der Waals surface area contributed by atoms with Gasteiger partial charge >= 0.3 is 0 Å². The van der Waals surface area contributed by atoms with Gasteiger partial charge in [-0.15, -0.1) is 22.7 Å². The van der Waals surface area contributed by atoms with E-state index in [0.29, 0.717) is 0 Å². The quantitative estimate of drug-likeness (QED) is 0.195. The second-order valence-electron chi connectivity index (χ2n) is 7.51. The van der Waals surface area contributed by atoms with E-state index in [4.69, 9.17) is 0 Å². The molecule has 0 fully saturated rings. The van der Waals surface area contributed by atoms with Crippen molar-refractivity contribution < 1.29 is 4.79 Å². The van der Waals surface area contributed by atoms with E-state index in [2.05, 4.69) is 41.9 Å². The minimum absolute atomic E-state index is 0.921. The number of halogens is 1. The average Bonchev–Trinajstić information content (AvgIpc) is 3.28. The van der Waals surface area contributed by atoms with Crippen LogP contribution in [0.25, 0.3) is 9.75 Å². The predicted molar refractivity (Wildman–Crippen MR) is 124 cm³/mol. The van der Waals surface area contributed by atoms with Crippen molar-refractivity contribution in [2.24, 2.45) is 0 Å². The Morgan fingerprint density at radius 3 is 2.04 bits per heavy atom. The number of hydrogen-bond acceptors (Lipinski definition) is 3. The fourth-order valence-corrected chi connectivity index (χ4v) is 14.3. The fraction of sp³-hybridized carbons (Fsp3) is 0.571. The van der Waals surface area contributed by atoms with E-state index in [9.17, 15) is 4.79 Å². The summed E-state index contributed by atoms with van der Waals surface area (Å²) in [4.78, 5) is 15.3. The summed E-state index contributed by atoms with van der Waals surface area (Å²) in [5, 5.41) is 3.26. The molecule has 3 heterocycles. The maximum Gasteiger partial charge on any atom is 0.160 e. The van der Waals surface area contributed by atoms with Crippen molar-refractivity contribution in [2.45, 2.75) is 77.3 Å². The van der Waals surface area contributed by atoms with Crippen molar-refractivity contribution in [3.05, 3.63) is 20.8 Å². The highest BCUT2D eigenvalue weighted by Crippen LogP contribution is 2.44. The smallest absolute Gasteiger partial charge is 0.160 e. The molecular formula is C21H29BrOS2Si. The fourth-order valence-electron chi connectivity index (χ4n) is 4.39. The Kier molecular flexibility index (Phi) is 7.34. The predicted octanol–water partition coefficient (Wildman–Crippen LogP) is 7.09. The monoisotopic (exact) mass is 468 g/mol. The zero-order valence-corrected chi connectivity index (χ0v) is 20.1. The number of rotatable bonds is 11. The maximum absolute atomic E-state index is 11.5. The molecule has 0 spiro atoms. The van der Waals surface area contributed by atoms with Gasteiger partial charge in [-0.25, -0.2) is 0 Å². The molecule has 26 heavy (non-hydrogen) atoms. The van der Waals surface area contributed by atoms with Crippen molar-refractivity contribution in [3.63, 3.8) is 0 Å². The van der Waals surface area contributed by atoms with E-state index in [1.54, 1.807) is 21.7 Å². The van der Waals surface area contributed by atoms with Gasteiger partial charge in [0.2, 0.25) is 0 Å². The highest BCUT2D eigenvalue weighted by atomic mass is 79.9. The van der Waals surface area contributed by atoms with Gasteiger partial charge in [0, 0.05) is 9.75 Å². The normalized spacial score (nSPS) is 14.4. The zero-order valence-electron chi connectivity index (χ0n) is 15.9. The molecule has 0 amide bonds. The van der Waals surface area contributed by atoms with Crippen LogP contribution < -0.4 is 10.4 Å². The Hall–Kier alpha value is -0.233. The molecule has 2 aromatic heterocycles. The first-order valence-electron chi connectivity index (χ1n) is 10.1. The van der Waals surface area contributed by atoms with Crippen LogP contribution in [0.4, 0.5) is 0 Å². The SMILES string of the molecule is CCCCCC[Si]1(CCCCCC)c2cc(Br)sc2-c2sc(C=O)cc21. The number of thiophene rings is 2. The van der Waals surface area contributed by atoms with Crippen molar-refractivity contribution >= 4 is 63.3 Å². The Balaban J connectivity index is 1.96. The molecule has 0 aromatic carbocycles. The van der Waals surface area contributed by atoms with Gasteiger partial charge in [0.15, 0.2) is 6.29 Å². The van der Waals surface area contributed by atoms with E-state index < -0.39 is 8.07 Å². The van der Waals surface area contributed by atoms with Crippen LogP contribution in [0.1, 0.15) is 74.9 Å². The summed E-state index contributed by atoms with van der Waals surface area (Å²) in [7, 11) is -1.72. The lowest BCUT2D eigenvalue weighted by Gasteiger charge is -2.29. The summed E-state index contributed by atoms with van der Waals surface area (Å²) >= 11 is 7.35. The number of unbranched alkanes of at least 4 members (excludes halogenated alkanes) is 6. The van der Waals surface area contributed by atoms with Gasteiger partial charge in [0.05, 0.1) is 8.66 Å². The van der Waals surface area contributed by atoms with Gasteiger partial charge in [-0.2, -0.15) is 0 Å². The molecule has 0 N–H and O–H groups in total. The Bertz CT molecular complexity index is 737. The average molecular weight is 470 g/mol. The molecular weight excluding hydrogens is 440 g/mol. The van der Waals surface area contributed by atoms with Crippen molar-refractivity contribution in [2.75, 3.05) is 0 Å². The third-order valence-electron chi connectivity index (χ3n) is 5.72. The third-order valence-corrected chi connectivity index (χ3v) is 14.2. The Labute approximate surface area is 175 Å². The lowest BCUT2D eigenvalue weighted by molar-refractivity contribution is 0.112. The maximum atomic E-state index is 11.5. The molecule has 3 rings (SSSR count). The molecule has 1 aliphatic rings.